The number of imidazole rings is 1. The molecule has 1 fully saturated rings. The Kier molecular flexibility index (Phi) is 5.23. The van der Waals surface area contributed by atoms with E-state index in [-0.39, 0.29) is 0 Å². The van der Waals surface area contributed by atoms with Gasteiger partial charge in [-0.05, 0) is 56.0 Å². The van der Waals surface area contributed by atoms with Gasteiger partial charge in [0.1, 0.15) is 5.75 Å². The molecule has 148 valence electrons. The summed E-state index contributed by atoms with van der Waals surface area (Å²) in [7, 11) is 3.77. The number of benzene rings is 2. The molecular formula is C22H27BrN4O. The molecule has 2 aromatic carbocycles. The van der Waals surface area contributed by atoms with E-state index in [0.717, 1.165) is 39.5 Å². The zero-order valence-electron chi connectivity index (χ0n) is 16.9. The second-order valence-corrected chi connectivity index (χ2v) is 8.38. The Morgan fingerprint density at radius 1 is 1.32 bits per heavy atom. The topological polar surface area (TPSA) is 42.3 Å². The number of ether oxygens (including phenoxy) is 1. The van der Waals surface area contributed by atoms with Gasteiger partial charge in [0.25, 0.3) is 0 Å². The Hall–Kier alpha value is -2.21. The maximum Gasteiger partial charge on any atom is 0.208 e. The first-order valence-electron chi connectivity index (χ1n) is 9.86. The highest BCUT2D eigenvalue weighted by Crippen LogP contribution is 2.37. The van der Waals surface area contributed by atoms with Crippen molar-refractivity contribution in [3.63, 3.8) is 0 Å². The van der Waals surface area contributed by atoms with E-state index in [1.165, 1.54) is 30.5 Å². The molecule has 3 aromatic rings. The van der Waals surface area contributed by atoms with E-state index in [2.05, 4.69) is 75.9 Å². The quantitative estimate of drug-likeness (QED) is 0.543. The first kappa shape index (κ1) is 19.1. The molecule has 0 aliphatic carbocycles. The Bertz CT molecular complexity index is 1010. The average molecular weight is 443 g/mol. The molecule has 1 aromatic heterocycles. The van der Waals surface area contributed by atoms with Gasteiger partial charge < -0.3 is 19.5 Å². The highest BCUT2D eigenvalue weighted by Gasteiger charge is 2.26. The first-order chi connectivity index (χ1) is 13.5. The molecule has 5 nitrogen and oxygen atoms in total. The predicted molar refractivity (Wildman–Crippen MR) is 120 cm³/mol. The molecule has 1 aliphatic heterocycles. The Labute approximate surface area is 174 Å². The molecular weight excluding hydrogens is 416 g/mol. The van der Waals surface area contributed by atoms with Crippen molar-refractivity contribution in [2.24, 2.45) is 7.05 Å². The van der Waals surface area contributed by atoms with Gasteiger partial charge in [-0.25, -0.2) is 4.98 Å². The van der Waals surface area contributed by atoms with Gasteiger partial charge in [-0.1, -0.05) is 28.9 Å². The number of methoxy groups -OCH3 is 1. The van der Waals surface area contributed by atoms with Crippen LogP contribution in [0, 0.1) is 6.92 Å². The lowest BCUT2D eigenvalue weighted by molar-refractivity contribution is 0.416. The van der Waals surface area contributed by atoms with Crippen LogP contribution in [0.1, 0.15) is 31.7 Å². The van der Waals surface area contributed by atoms with Gasteiger partial charge in [0.05, 0.1) is 29.5 Å². The fourth-order valence-corrected chi connectivity index (χ4v) is 4.87. The minimum Gasteiger partial charge on any atom is -0.495 e. The second kappa shape index (κ2) is 7.66. The molecule has 6 heteroatoms. The SMILES string of the molecule is CCC1CCCN1c1cccc2nc(Nc3c(C)cc(Br)cc3OC)n(C)c12. The Balaban J connectivity index is 1.79. The maximum atomic E-state index is 5.59. The van der Waals surface area contributed by atoms with Crippen molar-refractivity contribution in [1.29, 1.82) is 0 Å². The van der Waals surface area contributed by atoms with Crippen LogP contribution in [0.2, 0.25) is 0 Å². The molecule has 0 amide bonds. The third-order valence-corrected chi connectivity index (χ3v) is 6.21. The van der Waals surface area contributed by atoms with Crippen LogP contribution in [0.4, 0.5) is 17.3 Å². The summed E-state index contributed by atoms with van der Waals surface area (Å²) in [5.74, 6) is 1.61. The molecule has 1 saturated heterocycles. The van der Waals surface area contributed by atoms with Crippen molar-refractivity contribution in [2.75, 3.05) is 23.9 Å². The van der Waals surface area contributed by atoms with E-state index in [4.69, 9.17) is 9.72 Å². The molecule has 4 rings (SSSR count). The number of nitrogens with zero attached hydrogens (tertiary/aromatic N) is 3. The lowest BCUT2D eigenvalue weighted by Gasteiger charge is -2.26. The summed E-state index contributed by atoms with van der Waals surface area (Å²) < 4.78 is 8.75. The van der Waals surface area contributed by atoms with Crippen LogP contribution in [0.25, 0.3) is 11.0 Å². The molecule has 1 atom stereocenters. The number of aromatic nitrogens is 2. The normalized spacial score (nSPS) is 16.8. The van der Waals surface area contributed by atoms with Gasteiger partial charge in [-0.3, -0.25) is 0 Å². The molecule has 1 aliphatic rings. The molecule has 2 heterocycles. The van der Waals surface area contributed by atoms with E-state index in [9.17, 15) is 0 Å². The number of para-hydroxylation sites is 1. The minimum absolute atomic E-state index is 0.616. The van der Waals surface area contributed by atoms with Gasteiger partial charge in [0.2, 0.25) is 5.95 Å². The molecule has 0 radical (unpaired) electrons. The standard InChI is InChI=1S/C22H27BrN4O/c1-5-16-8-7-11-27(16)18-10-6-9-17-21(18)26(3)22(24-17)25-20-14(2)12-15(23)13-19(20)28-4/h6,9-10,12-13,16H,5,7-8,11H2,1-4H3,(H,24,25). The van der Waals surface area contributed by atoms with Crippen molar-refractivity contribution >= 4 is 44.3 Å². The number of rotatable bonds is 5. The summed E-state index contributed by atoms with van der Waals surface area (Å²) in [6.07, 6.45) is 3.70. The molecule has 28 heavy (non-hydrogen) atoms. The second-order valence-electron chi connectivity index (χ2n) is 7.46. The van der Waals surface area contributed by atoms with Crippen molar-refractivity contribution in [3.05, 3.63) is 40.4 Å². The largest absolute Gasteiger partial charge is 0.495 e. The van der Waals surface area contributed by atoms with Crippen LogP contribution < -0.4 is 15.0 Å². The highest BCUT2D eigenvalue weighted by atomic mass is 79.9. The van der Waals surface area contributed by atoms with Crippen LogP contribution in [-0.2, 0) is 7.05 Å². The minimum atomic E-state index is 0.616. The van der Waals surface area contributed by atoms with Crippen molar-refractivity contribution < 1.29 is 4.74 Å². The third kappa shape index (κ3) is 3.24. The van der Waals surface area contributed by atoms with Crippen LogP contribution >= 0.6 is 15.9 Å². The predicted octanol–water partition coefficient (Wildman–Crippen LogP) is 5.78. The van der Waals surface area contributed by atoms with E-state index in [1.807, 2.05) is 6.07 Å². The monoisotopic (exact) mass is 442 g/mol. The lowest BCUT2D eigenvalue weighted by Crippen LogP contribution is -2.28. The number of hydrogen-bond acceptors (Lipinski definition) is 4. The van der Waals surface area contributed by atoms with Crippen molar-refractivity contribution in [1.82, 2.24) is 9.55 Å². The van der Waals surface area contributed by atoms with Crippen molar-refractivity contribution in [2.45, 2.75) is 39.2 Å². The molecule has 1 N–H and O–H groups in total. The number of halogens is 1. The Morgan fingerprint density at radius 3 is 2.89 bits per heavy atom. The summed E-state index contributed by atoms with van der Waals surface area (Å²) in [6, 6.07) is 11.1. The van der Waals surface area contributed by atoms with Gasteiger partial charge in [-0.15, -0.1) is 0 Å². The van der Waals surface area contributed by atoms with Crippen molar-refractivity contribution in [3.8, 4) is 5.75 Å². The third-order valence-electron chi connectivity index (χ3n) is 5.75. The molecule has 0 spiro atoms. The van der Waals surface area contributed by atoms with Gasteiger partial charge in [-0.2, -0.15) is 0 Å². The van der Waals surface area contributed by atoms with Crippen LogP contribution in [0.15, 0.2) is 34.8 Å². The number of fused-ring (bicyclic) bond motifs is 1. The van der Waals surface area contributed by atoms with Gasteiger partial charge in [0.15, 0.2) is 0 Å². The van der Waals surface area contributed by atoms with E-state index in [0.29, 0.717) is 6.04 Å². The summed E-state index contributed by atoms with van der Waals surface area (Å²) in [4.78, 5) is 7.44. The van der Waals surface area contributed by atoms with Gasteiger partial charge in [0, 0.05) is 24.1 Å². The smallest absolute Gasteiger partial charge is 0.208 e. The Morgan fingerprint density at radius 2 is 2.14 bits per heavy atom. The molecule has 0 saturated carbocycles. The molecule has 0 bridgehead atoms. The van der Waals surface area contributed by atoms with E-state index in [1.54, 1.807) is 7.11 Å². The maximum absolute atomic E-state index is 5.59. The first-order valence-corrected chi connectivity index (χ1v) is 10.7. The summed E-state index contributed by atoms with van der Waals surface area (Å²) >= 11 is 3.54. The summed E-state index contributed by atoms with van der Waals surface area (Å²) in [5.41, 5.74) is 5.52. The van der Waals surface area contributed by atoms with Crippen LogP contribution in [0.5, 0.6) is 5.75 Å². The zero-order chi connectivity index (χ0) is 19.8. The average Bonchev–Trinajstić information content (AvgIpc) is 3.28. The van der Waals surface area contributed by atoms with Crippen LogP contribution in [0.3, 0.4) is 0 Å². The van der Waals surface area contributed by atoms with Crippen LogP contribution in [-0.4, -0.2) is 29.2 Å². The highest BCUT2D eigenvalue weighted by molar-refractivity contribution is 9.10. The number of aryl methyl sites for hydroxylation is 2. The van der Waals surface area contributed by atoms with Gasteiger partial charge >= 0.3 is 0 Å². The van der Waals surface area contributed by atoms with E-state index >= 15 is 0 Å². The summed E-state index contributed by atoms with van der Waals surface area (Å²) in [5, 5.41) is 3.51. The number of anilines is 3. The fourth-order valence-electron chi connectivity index (χ4n) is 4.31. The number of nitrogens with one attached hydrogen (secondary N) is 1. The zero-order valence-corrected chi connectivity index (χ0v) is 18.5. The summed E-state index contributed by atoms with van der Waals surface area (Å²) in [6.45, 7) is 5.47. The fraction of sp³-hybridized carbons (Fsp3) is 0.409. The number of hydrogen-bond donors (Lipinski definition) is 1. The van der Waals surface area contributed by atoms with E-state index < -0.39 is 0 Å². The lowest BCUT2D eigenvalue weighted by atomic mass is 10.1. The molecule has 1 unspecified atom stereocenters.